The van der Waals surface area contributed by atoms with Gasteiger partial charge in [0, 0.05) is 58.7 Å². The molecule has 0 amide bonds. The van der Waals surface area contributed by atoms with Gasteiger partial charge in [0.15, 0.2) is 0 Å². The molecule has 162 valence electrons. The summed E-state index contributed by atoms with van der Waals surface area (Å²) in [5.41, 5.74) is 4.34. The van der Waals surface area contributed by atoms with Gasteiger partial charge in [-0.1, -0.05) is 66.7 Å². The summed E-state index contributed by atoms with van der Waals surface area (Å²) in [5.74, 6) is 0. The summed E-state index contributed by atoms with van der Waals surface area (Å²) < 4.78 is 11.6. The first-order chi connectivity index (χ1) is 17.4. The standard InChI is InChI=1S/C32H17NOS/c1-2-8-19-18(7-1)17-33-24-15-13-21-20-9-3-5-11-25(20)34-32(21)30(24)29-23(31(19)33)14-16-27-28(29)22-10-4-6-12-26(22)35-27/h1-17H. The number of rotatable bonds is 0. The number of para-hydroxylation sites is 1. The molecule has 4 heterocycles. The minimum atomic E-state index is 0.934. The molecule has 0 unspecified atom stereocenters. The average molecular weight is 464 g/mol. The molecule has 0 saturated carbocycles. The second-order valence-electron chi connectivity index (χ2n) is 9.33. The van der Waals surface area contributed by atoms with Crippen LogP contribution >= 0.6 is 11.3 Å². The molecule has 2 nitrogen and oxygen atoms in total. The van der Waals surface area contributed by atoms with Gasteiger partial charge in [0.1, 0.15) is 11.2 Å². The van der Waals surface area contributed by atoms with Crippen molar-refractivity contribution < 1.29 is 4.42 Å². The van der Waals surface area contributed by atoms with Crippen LogP contribution in [0.2, 0.25) is 0 Å². The maximum absolute atomic E-state index is 6.62. The molecule has 0 spiro atoms. The molecule has 0 fully saturated rings. The van der Waals surface area contributed by atoms with E-state index >= 15 is 0 Å². The van der Waals surface area contributed by atoms with E-state index in [1.165, 1.54) is 63.5 Å². The number of thiophene rings is 1. The lowest BCUT2D eigenvalue weighted by molar-refractivity contribution is 0.673. The summed E-state index contributed by atoms with van der Waals surface area (Å²) in [6.45, 7) is 0. The molecule has 0 aliphatic carbocycles. The van der Waals surface area contributed by atoms with Gasteiger partial charge in [-0.2, -0.15) is 0 Å². The van der Waals surface area contributed by atoms with Crippen molar-refractivity contribution in [2.75, 3.05) is 0 Å². The maximum atomic E-state index is 6.62. The second-order valence-corrected chi connectivity index (χ2v) is 10.4. The Hall–Kier alpha value is -4.34. The van der Waals surface area contributed by atoms with Crippen LogP contribution in [0.3, 0.4) is 0 Å². The summed E-state index contributed by atoms with van der Waals surface area (Å²) in [6.07, 6.45) is 2.27. The fourth-order valence-corrected chi connectivity index (χ4v) is 7.23. The molecule has 35 heavy (non-hydrogen) atoms. The van der Waals surface area contributed by atoms with Crippen molar-refractivity contribution in [3.05, 3.63) is 103 Å². The van der Waals surface area contributed by atoms with E-state index in [1.807, 2.05) is 17.4 Å². The van der Waals surface area contributed by atoms with Crippen LogP contribution in [0.4, 0.5) is 0 Å². The van der Waals surface area contributed by atoms with E-state index in [0.717, 1.165) is 16.6 Å². The number of fused-ring (bicyclic) bond motifs is 16. The molecular weight excluding hydrogens is 446 g/mol. The van der Waals surface area contributed by atoms with Crippen LogP contribution in [0, 0.1) is 0 Å². The largest absolute Gasteiger partial charge is 0.455 e. The van der Waals surface area contributed by atoms with E-state index < -0.39 is 0 Å². The quantitative estimate of drug-likeness (QED) is 0.205. The highest BCUT2D eigenvalue weighted by Gasteiger charge is 2.20. The normalized spacial score (nSPS) is 12.6. The summed E-state index contributed by atoms with van der Waals surface area (Å²) in [5, 5.41) is 11.2. The summed E-state index contributed by atoms with van der Waals surface area (Å²) in [6, 6.07) is 35.0. The summed E-state index contributed by atoms with van der Waals surface area (Å²) in [4.78, 5) is 0. The van der Waals surface area contributed by atoms with E-state index in [4.69, 9.17) is 4.42 Å². The highest BCUT2D eigenvalue weighted by Crippen LogP contribution is 2.46. The zero-order valence-corrected chi connectivity index (χ0v) is 19.4. The predicted octanol–water partition coefficient (Wildman–Crippen LogP) is 9.67. The van der Waals surface area contributed by atoms with Gasteiger partial charge < -0.3 is 8.82 Å². The molecule has 0 aliphatic heterocycles. The lowest BCUT2D eigenvalue weighted by Gasteiger charge is -2.12. The molecule has 9 aromatic rings. The fraction of sp³-hybridized carbons (Fsp3) is 0. The van der Waals surface area contributed by atoms with Gasteiger partial charge in [-0.25, -0.2) is 0 Å². The third kappa shape index (κ3) is 2.15. The minimum absolute atomic E-state index is 0.934. The van der Waals surface area contributed by atoms with Crippen LogP contribution in [-0.4, -0.2) is 4.40 Å². The van der Waals surface area contributed by atoms with Gasteiger partial charge in [-0.15, -0.1) is 11.3 Å². The van der Waals surface area contributed by atoms with Crippen molar-refractivity contribution in [3.8, 4) is 0 Å². The van der Waals surface area contributed by atoms with Gasteiger partial charge in [0.25, 0.3) is 0 Å². The van der Waals surface area contributed by atoms with E-state index in [1.54, 1.807) is 0 Å². The van der Waals surface area contributed by atoms with Crippen LogP contribution in [0.1, 0.15) is 0 Å². The van der Waals surface area contributed by atoms with E-state index in [0.29, 0.717) is 0 Å². The van der Waals surface area contributed by atoms with Gasteiger partial charge in [-0.3, -0.25) is 0 Å². The lowest BCUT2D eigenvalue weighted by Crippen LogP contribution is -1.90. The number of aromatic nitrogens is 1. The van der Waals surface area contributed by atoms with Crippen LogP contribution < -0.4 is 0 Å². The van der Waals surface area contributed by atoms with Crippen molar-refractivity contribution in [3.63, 3.8) is 0 Å². The second kappa shape index (κ2) is 6.21. The maximum Gasteiger partial charge on any atom is 0.145 e. The minimum Gasteiger partial charge on any atom is -0.455 e. The summed E-state index contributed by atoms with van der Waals surface area (Å²) in [7, 11) is 0. The van der Waals surface area contributed by atoms with Crippen molar-refractivity contribution in [2.45, 2.75) is 0 Å². The van der Waals surface area contributed by atoms with E-state index in [9.17, 15) is 0 Å². The molecule has 0 saturated heterocycles. The summed E-state index contributed by atoms with van der Waals surface area (Å²) >= 11 is 1.87. The van der Waals surface area contributed by atoms with E-state index in [2.05, 4.69) is 102 Å². The van der Waals surface area contributed by atoms with E-state index in [-0.39, 0.29) is 0 Å². The zero-order chi connectivity index (χ0) is 22.7. The third-order valence-electron chi connectivity index (χ3n) is 7.56. The number of pyridine rings is 1. The first-order valence-corrected chi connectivity index (χ1v) is 12.7. The molecule has 0 N–H and O–H groups in total. The Morgan fingerprint density at radius 2 is 1.31 bits per heavy atom. The molecule has 9 rings (SSSR count). The van der Waals surface area contributed by atoms with Crippen molar-refractivity contribution in [1.82, 2.24) is 4.40 Å². The van der Waals surface area contributed by atoms with Gasteiger partial charge in [0.05, 0.1) is 16.4 Å². The predicted molar refractivity (Wildman–Crippen MR) is 150 cm³/mol. The Bertz CT molecular complexity index is 2320. The molecule has 0 aliphatic rings. The number of furan rings is 1. The Labute approximate surface area is 203 Å². The SMILES string of the molecule is c1ccc2c(c1)cn1c3ccc4c5ccccc5oc4c3c3c(ccc4sc5ccccc5c43)c21. The Kier molecular flexibility index (Phi) is 3.20. The van der Waals surface area contributed by atoms with Crippen LogP contribution in [0.25, 0.3) is 80.1 Å². The number of hydrogen-bond donors (Lipinski definition) is 0. The Balaban J connectivity index is 1.71. The monoisotopic (exact) mass is 463 g/mol. The number of benzene rings is 5. The van der Waals surface area contributed by atoms with Crippen LogP contribution in [0.5, 0.6) is 0 Å². The lowest BCUT2D eigenvalue weighted by atomic mass is 9.97. The van der Waals surface area contributed by atoms with Crippen molar-refractivity contribution in [1.29, 1.82) is 0 Å². The number of hydrogen-bond acceptors (Lipinski definition) is 2. The van der Waals surface area contributed by atoms with Crippen molar-refractivity contribution >= 4 is 91.4 Å². The highest BCUT2D eigenvalue weighted by molar-refractivity contribution is 7.26. The molecular formula is C32H17NOS. The van der Waals surface area contributed by atoms with Crippen LogP contribution in [0.15, 0.2) is 108 Å². The van der Waals surface area contributed by atoms with Crippen molar-refractivity contribution in [2.24, 2.45) is 0 Å². The fourth-order valence-electron chi connectivity index (χ4n) is 6.12. The first-order valence-electron chi connectivity index (χ1n) is 11.9. The van der Waals surface area contributed by atoms with Gasteiger partial charge >= 0.3 is 0 Å². The zero-order valence-electron chi connectivity index (χ0n) is 18.6. The van der Waals surface area contributed by atoms with Gasteiger partial charge in [0.2, 0.25) is 0 Å². The molecule has 0 radical (unpaired) electrons. The molecule has 3 heteroatoms. The van der Waals surface area contributed by atoms with Gasteiger partial charge in [-0.05, 0) is 30.3 Å². The Morgan fingerprint density at radius 3 is 2.26 bits per heavy atom. The molecule has 5 aromatic carbocycles. The third-order valence-corrected chi connectivity index (χ3v) is 8.69. The number of nitrogens with zero attached hydrogens (tertiary/aromatic N) is 1. The smallest absolute Gasteiger partial charge is 0.145 e. The molecule has 4 aromatic heterocycles. The Morgan fingerprint density at radius 1 is 0.543 bits per heavy atom. The first kappa shape index (κ1) is 18.0. The van der Waals surface area contributed by atoms with Crippen LogP contribution in [-0.2, 0) is 0 Å². The molecule has 0 bridgehead atoms. The topological polar surface area (TPSA) is 17.6 Å². The highest BCUT2D eigenvalue weighted by atomic mass is 32.1. The molecule has 0 atom stereocenters. The average Bonchev–Trinajstić information content (AvgIpc) is 3.59.